The Bertz CT molecular complexity index is 754. The van der Waals surface area contributed by atoms with Crippen LogP contribution in [-0.2, 0) is 4.79 Å². The number of carbonyl (C=O) groups is 1. The summed E-state index contributed by atoms with van der Waals surface area (Å²) in [6.07, 6.45) is 13.9. The Morgan fingerprint density at radius 3 is 2.78 bits per heavy atom. The molecule has 3 heterocycles. The van der Waals surface area contributed by atoms with Crippen molar-refractivity contribution in [2.24, 2.45) is 10.2 Å². The van der Waals surface area contributed by atoms with E-state index in [9.17, 15) is 4.79 Å². The fourth-order valence-corrected chi connectivity index (χ4v) is 2.13. The Hall–Kier alpha value is -3.08. The second kappa shape index (κ2) is 6.36. The summed E-state index contributed by atoms with van der Waals surface area (Å²) in [4.78, 5) is 19.8. The van der Waals surface area contributed by atoms with Crippen LogP contribution < -0.4 is 5.32 Å². The van der Waals surface area contributed by atoms with Crippen LogP contribution in [0.1, 0.15) is 25.7 Å². The smallest absolute Gasteiger partial charge is 0.225 e. The minimum atomic E-state index is -0.440. The number of rotatable bonds is 7. The van der Waals surface area contributed by atoms with E-state index >= 15 is 0 Å². The highest BCUT2D eigenvalue weighted by Crippen LogP contribution is 2.37. The van der Waals surface area contributed by atoms with E-state index in [0.29, 0.717) is 31.5 Å². The summed E-state index contributed by atoms with van der Waals surface area (Å²) < 4.78 is 1.59. The predicted molar refractivity (Wildman–Crippen MR) is 82.7 cm³/mol. The molecule has 8 nitrogen and oxygen atoms in total. The Kier molecular flexibility index (Phi) is 4.10. The summed E-state index contributed by atoms with van der Waals surface area (Å²) in [7, 11) is 0. The maximum absolute atomic E-state index is 12.0. The van der Waals surface area contributed by atoms with Gasteiger partial charge in [-0.1, -0.05) is 0 Å². The van der Waals surface area contributed by atoms with Crippen molar-refractivity contribution in [2.45, 2.75) is 31.3 Å². The third-order valence-electron chi connectivity index (χ3n) is 3.47. The molecule has 0 aliphatic carbocycles. The van der Waals surface area contributed by atoms with Crippen molar-refractivity contribution in [3.05, 3.63) is 31.0 Å². The van der Waals surface area contributed by atoms with Crippen LogP contribution in [-0.4, -0.2) is 31.3 Å². The van der Waals surface area contributed by atoms with Gasteiger partial charge in [0.25, 0.3) is 0 Å². The third kappa shape index (κ3) is 3.77. The van der Waals surface area contributed by atoms with E-state index in [2.05, 4.69) is 36.5 Å². The van der Waals surface area contributed by atoms with Crippen molar-refractivity contribution in [1.82, 2.24) is 19.7 Å². The molecule has 0 unspecified atom stereocenters. The van der Waals surface area contributed by atoms with Crippen molar-refractivity contribution in [1.29, 1.82) is 0 Å². The van der Waals surface area contributed by atoms with Crippen molar-refractivity contribution in [2.75, 3.05) is 5.32 Å². The lowest BCUT2D eigenvalue weighted by Gasteiger charge is -2.08. The number of carbonyl (C=O) groups excluding carboxylic acids is 1. The predicted octanol–water partition coefficient (Wildman–Crippen LogP) is 1.96. The van der Waals surface area contributed by atoms with Gasteiger partial charge in [-0.3, -0.25) is 4.79 Å². The molecule has 0 atom stereocenters. The Morgan fingerprint density at radius 2 is 2.09 bits per heavy atom. The first-order chi connectivity index (χ1) is 11.2. The molecule has 1 N–H and O–H groups in total. The van der Waals surface area contributed by atoms with Crippen molar-refractivity contribution < 1.29 is 4.79 Å². The van der Waals surface area contributed by atoms with Crippen molar-refractivity contribution in [3.8, 4) is 18.0 Å². The van der Waals surface area contributed by atoms with Crippen LogP contribution >= 0.6 is 0 Å². The summed E-state index contributed by atoms with van der Waals surface area (Å²) in [6.45, 7) is 0. The Morgan fingerprint density at radius 1 is 1.30 bits per heavy atom. The molecule has 116 valence electrons. The van der Waals surface area contributed by atoms with Gasteiger partial charge >= 0.3 is 0 Å². The molecular weight excluding hydrogens is 294 g/mol. The molecule has 2 aromatic rings. The SMILES string of the molecule is C#CCCC1(CCC(=O)Nc2ccn(-c3cncnc3)n2)N=N1. The fourth-order valence-electron chi connectivity index (χ4n) is 2.13. The normalized spacial score (nSPS) is 14.2. The Balaban J connectivity index is 1.51. The number of nitrogens with zero attached hydrogens (tertiary/aromatic N) is 6. The van der Waals surface area contributed by atoms with Crippen LogP contribution in [0.3, 0.4) is 0 Å². The van der Waals surface area contributed by atoms with Gasteiger partial charge in [0.05, 0.1) is 12.4 Å². The molecule has 3 rings (SSSR count). The summed E-state index contributed by atoms with van der Waals surface area (Å²) >= 11 is 0. The molecule has 0 spiro atoms. The zero-order valence-electron chi connectivity index (χ0n) is 12.4. The summed E-state index contributed by atoms with van der Waals surface area (Å²) in [5.41, 5.74) is 0.279. The highest BCUT2D eigenvalue weighted by molar-refractivity contribution is 5.89. The first-order valence-corrected chi connectivity index (χ1v) is 7.19. The van der Waals surface area contributed by atoms with E-state index < -0.39 is 5.66 Å². The van der Waals surface area contributed by atoms with Crippen LogP contribution in [0, 0.1) is 12.3 Å². The second-order valence-electron chi connectivity index (χ2n) is 5.18. The number of hydrogen-bond acceptors (Lipinski definition) is 6. The average molecular weight is 309 g/mol. The zero-order valence-corrected chi connectivity index (χ0v) is 12.4. The van der Waals surface area contributed by atoms with E-state index in [-0.39, 0.29) is 5.91 Å². The number of terminal acetylenes is 1. The standard InChI is InChI=1S/C15H15N7O/c1-2-3-6-15(20-21-15)7-4-14(23)18-13-5-8-22(19-13)12-9-16-11-17-10-12/h1,5,8-11H,3-4,6-7H2,(H,18,19,23). The number of amides is 1. The number of nitrogens with one attached hydrogen (secondary N) is 1. The molecule has 23 heavy (non-hydrogen) atoms. The molecule has 1 aliphatic heterocycles. The molecule has 8 heteroatoms. The van der Waals surface area contributed by atoms with Gasteiger partial charge in [0.1, 0.15) is 12.0 Å². The zero-order chi connectivity index (χ0) is 16.1. The third-order valence-corrected chi connectivity index (χ3v) is 3.47. The van der Waals surface area contributed by atoms with E-state index in [0.717, 1.165) is 5.69 Å². The molecule has 1 aliphatic rings. The van der Waals surface area contributed by atoms with Gasteiger partial charge in [-0.25, -0.2) is 14.6 Å². The molecule has 0 bridgehead atoms. The summed E-state index contributed by atoms with van der Waals surface area (Å²) in [6, 6.07) is 1.71. The molecular formula is C15H15N7O. The first kappa shape index (κ1) is 14.8. The number of aromatic nitrogens is 4. The van der Waals surface area contributed by atoms with Gasteiger partial charge in [0.2, 0.25) is 5.91 Å². The van der Waals surface area contributed by atoms with Gasteiger partial charge in [-0.05, 0) is 0 Å². The largest absolute Gasteiger partial charge is 0.309 e. The molecule has 2 aromatic heterocycles. The maximum Gasteiger partial charge on any atom is 0.225 e. The average Bonchev–Trinajstić information content (AvgIpc) is 3.21. The van der Waals surface area contributed by atoms with Gasteiger partial charge in [-0.2, -0.15) is 10.2 Å². The highest BCUT2D eigenvalue weighted by atomic mass is 16.1. The molecule has 1 amide bonds. The minimum Gasteiger partial charge on any atom is -0.309 e. The number of hydrogen-bond donors (Lipinski definition) is 1. The van der Waals surface area contributed by atoms with Crippen LogP contribution in [0.25, 0.3) is 5.69 Å². The topological polar surface area (TPSA) is 97.4 Å². The van der Waals surface area contributed by atoms with Crippen molar-refractivity contribution in [3.63, 3.8) is 0 Å². The Labute approximate surface area is 133 Å². The lowest BCUT2D eigenvalue weighted by Crippen LogP contribution is -2.18. The monoisotopic (exact) mass is 309 g/mol. The van der Waals surface area contributed by atoms with Gasteiger partial charge in [-0.15, -0.1) is 17.4 Å². The minimum absolute atomic E-state index is 0.128. The lowest BCUT2D eigenvalue weighted by molar-refractivity contribution is -0.116. The van der Waals surface area contributed by atoms with E-state index in [1.807, 2.05) is 0 Å². The van der Waals surface area contributed by atoms with Crippen LogP contribution in [0.4, 0.5) is 5.82 Å². The van der Waals surface area contributed by atoms with Crippen LogP contribution in [0.5, 0.6) is 0 Å². The van der Waals surface area contributed by atoms with Crippen LogP contribution in [0.15, 0.2) is 41.2 Å². The summed E-state index contributed by atoms with van der Waals surface area (Å²) in [5, 5.41) is 15.0. The fraction of sp³-hybridized carbons (Fsp3) is 0.333. The molecule has 0 fully saturated rings. The highest BCUT2D eigenvalue weighted by Gasteiger charge is 2.39. The quantitative estimate of drug-likeness (QED) is 0.790. The van der Waals surface area contributed by atoms with E-state index in [4.69, 9.17) is 6.42 Å². The second-order valence-corrected chi connectivity index (χ2v) is 5.18. The maximum atomic E-state index is 12.0. The molecule has 0 aromatic carbocycles. The molecule has 0 saturated carbocycles. The van der Waals surface area contributed by atoms with Gasteiger partial charge in [0.15, 0.2) is 11.5 Å². The first-order valence-electron chi connectivity index (χ1n) is 7.19. The van der Waals surface area contributed by atoms with Gasteiger partial charge in [0, 0.05) is 37.9 Å². The summed E-state index contributed by atoms with van der Waals surface area (Å²) in [5.74, 6) is 2.91. The lowest BCUT2D eigenvalue weighted by atomic mass is 10.0. The van der Waals surface area contributed by atoms with E-state index in [1.54, 1.807) is 29.3 Å². The number of anilines is 1. The van der Waals surface area contributed by atoms with Crippen LogP contribution in [0.2, 0.25) is 0 Å². The van der Waals surface area contributed by atoms with Gasteiger partial charge < -0.3 is 5.32 Å². The molecule has 0 radical (unpaired) electrons. The van der Waals surface area contributed by atoms with E-state index in [1.165, 1.54) is 6.33 Å². The van der Waals surface area contributed by atoms with Crippen molar-refractivity contribution >= 4 is 11.7 Å². The molecule has 0 saturated heterocycles.